The first-order chi connectivity index (χ1) is 12.5. The third-order valence-electron chi connectivity index (χ3n) is 4.02. The average molecular weight is 379 g/mol. The predicted molar refractivity (Wildman–Crippen MR) is 98.5 cm³/mol. The molecule has 0 saturated carbocycles. The fraction of sp³-hybridized carbons (Fsp3) is 1.00. The molecule has 0 aromatic rings. The monoisotopic (exact) mass is 378 g/mol. The minimum Gasteiger partial charge on any atom is -0.394 e. The summed E-state index contributed by atoms with van der Waals surface area (Å²) >= 11 is 0. The molecule has 1 fully saturated rings. The Morgan fingerprint density at radius 2 is 1.38 bits per heavy atom. The van der Waals surface area contributed by atoms with Crippen molar-refractivity contribution in [2.24, 2.45) is 0 Å². The van der Waals surface area contributed by atoms with Gasteiger partial charge in [0.1, 0.15) is 0 Å². The van der Waals surface area contributed by atoms with Crippen LogP contribution in [0.1, 0.15) is 40.5 Å². The van der Waals surface area contributed by atoms with Crippen molar-refractivity contribution < 1.29 is 33.5 Å². The van der Waals surface area contributed by atoms with Gasteiger partial charge in [-0.05, 0) is 40.5 Å². The molecular weight excluding hydrogens is 340 g/mol. The lowest BCUT2D eigenvalue weighted by atomic mass is 10.2. The zero-order valence-electron chi connectivity index (χ0n) is 16.9. The number of aliphatic hydroxyl groups is 1. The van der Waals surface area contributed by atoms with Crippen LogP contribution in [0.25, 0.3) is 0 Å². The van der Waals surface area contributed by atoms with Gasteiger partial charge in [0, 0.05) is 6.61 Å². The molecule has 1 aliphatic rings. The molecule has 5 unspecified atom stereocenters. The highest BCUT2D eigenvalue weighted by atomic mass is 16.6. The molecule has 0 amide bonds. The van der Waals surface area contributed by atoms with E-state index in [-0.39, 0.29) is 37.1 Å². The summed E-state index contributed by atoms with van der Waals surface area (Å²) in [7, 11) is 0. The summed E-state index contributed by atoms with van der Waals surface area (Å²) in [6, 6.07) is 0. The third-order valence-corrected chi connectivity index (χ3v) is 4.02. The van der Waals surface area contributed by atoms with Crippen LogP contribution in [0.2, 0.25) is 0 Å². The van der Waals surface area contributed by atoms with Crippen molar-refractivity contribution in [2.75, 3.05) is 52.9 Å². The molecule has 26 heavy (non-hydrogen) atoms. The van der Waals surface area contributed by atoms with Gasteiger partial charge in [0.25, 0.3) is 0 Å². The lowest BCUT2D eigenvalue weighted by Crippen LogP contribution is -2.28. The molecule has 0 aromatic carbocycles. The molecule has 0 aliphatic carbocycles. The minimum absolute atomic E-state index is 0.00951. The van der Waals surface area contributed by atoms with Gasteiger partial charge in [-0.2, -0.15) is 0 Å². The van der Waals surface area contributed by atoms with E-state index in [2.05, 4.69) is 0 Å². The van der Waals surface area contributed by atoms with E-state index in [4.69, 9.17) is 33.5 Å². The molecule has 1 rings (SSSR count). The van der Waals surface area contributed by atoms with Crippen molar-refractivity contribution >= 4 is 0 Å². The van der Waals surface area contributed by atoms with Gasteiger partial charge in [0.2, 0.25) is 0 Å². The van der Waals surface area contributed by atoms with E-state index < -0.39 is 0 Å². The number of hydrogen-bond acceptors (Lipinski definition) is 7. The van der Waals surface area contributed by atoms with Crippen molar-refractivity contribution in [1.29, 1.82) is 0 Å². The van der Waals surface area contributed by atoms with Crippen LogP contribution in [0.5, 0.6) is 0 Å². The number of hydrogen-bond donors (Lipinski definition) is 1. The summed E-state index contributed by atoms with van der Waals surface area (Å²) in [5, 5.41) is 8.71. The van der Waals surface area contributed by atoms with Gasteiger partial charge >= 0.3 is 0 Å². The lowest BCUT2D eigenvalue weighted by molar-refractivity contribution is -0.0959. The molecule has 1 N–H and O–H groups in total. The minimum atomic E-state index is -0.0409. The fourth-order valence-electron chi connectivity index (χ4n) is 2.49. The molecule has 0 radical (unpaired) electrons. The van der Waals surface area contributed by atoms with E-state index in [1.54, 1.807) is 0 Å². The second-order valence-corrected chi connectivity index (χ2v) is 7.01. The van der Waals surface area contributed by atoms with Crippen LogP contribution in [-0.2, 0) is 28.4 Å². The van der Waals surface area contributed by atoms with Crippen molar-refractivity contribution in [2.45, 2.75) is 71.1 Å². The maximum atomic E-state index is 8.71. The summed E-state index contributed by atoms with van der Waals surface area (Å²) < 4.78 is 33.7. The molecule has 1 heterocycles. The van der Waals surface area contributed by atoms with E-state index >= 15 is 0 Å². The Morgan fingerprint density at radius 3 is 1.88 bits per heavy atom. The van der Waals surface area contributed by atoms with Crippen molar-refractivity contribution in [3.05, 3.63) is 0 Å². The normalized spacial score (nSPS) is 22.3. The molecule has 7 nitrogen and oxygen atoms in total. The van der Waals surface area contributed by atoms with Gasteiger partial charge in [-0.25, -0.2) is 0 Å². The third kappa shape index (κ3) is 12.2. The van der Waals surface area contributed by atoms with E-state index in [1.165, 1.54) is 0 Å². The van der Waals surface area contributed by atoms with Crippen LogP contribution in [0.15, 0.2) is 0 Å². The summed E-state index contributed by atoms with van der Waals surface area (Å²) in [5.74, 6) is 0. The highest BCUT2D eigenvalue weighted by Gasteiger charge is 2.16. The lowest BCUT2D eigenvalue weighted by Gasteiger charge is -2.21. The fourth-order valence-corrected chi connectivity index (χ4v) is 2.49. The first kappa shape index (κ1) is 23.8. The summed E-state index contributed by atoms with van der Waals surface area (Å²) in [6.07, 6.45) is 2.43. The molecule has 7 heteroatoms. The molecule has 0 bridgehead atoms. The van der Waals surface area contributed by atoms with E-state index in [9.17, 15) is 0 Å². The largest absolute Gasteiger partial charge is 0.394 e. The van der Waals surface area contributed by atoms with Crippen molar-refractivity contribution in [1.82, 2.24) is 0 Å². The number of aliphatic hydroxyl groups excluding tert-OH is 1. The van der Waals surface area contributed by atoms with Gasteiger partial charge in [-0.15, -0.1) is 0 Å². The van der Waals surface area contributed by atoms with Gasteiger partial charge in [-0.1, -0.05) is 0 Å². The Balaban J connectivity index is 1.98. The predicted octanol–water partition coefficient (Wildman–Crippen LogP) is 1.79. The highest BCUT2D eigenvalue weighted by Crippen LogP contribution is 2.12. The Kier molecular flexibility index (Phi) is 13.5. The Bertz CT molecular complexity index is 323. The second kappa shape index (κ2) is 14.7. The molecule has 5 atom stereocenters. The first-order valence-corrected chi connectivity index (χ1v) is 9.77. The molecular formula is C19H38O7. The standard InChI is InChI=1S/C19H38O7/c1-15(10-21-14-19-6-5-8-23-19)24-12-17(3)26-13-18(4)25-11-16(2)22-9-7-20/h15-20H,5-14H2,1-4H3. The van der Waals surface area contributed by atoms with Crippen LogP contribution in [0, 0.1) is 0 Å². The molecule has 0 spiro atoms. The van der Waals surface area contributed by atoms with Crippen LogP contribution in [0.4, 0.5) is 0 Å². The Hall–Kier alpha value is -0.280. The second-order valence-electron chi connectivity index (χ2n) is 7.01. The smallest absolute Gasteiger partial charge is 0.0809 e. The summed E-state index contributed by atoms with van der Waals surface area (Å²) in [6.45, 7) is 11.8. The van der Waals surface area contributed by atoms with Gasteiger partial charge in [0.05, 0.1) is 76.8 Å². The Morgan fingerprint density at radius 1 is 0.846 bits per heavy atom. The topological polar surface area (TPSA) is 75.6 Å². The zero-order valence-corrected chi connectivity index (χ0v) is 16.9. The molecule has 0 aromatic heterocycles. The average Bonchev–Trinajstić information content (AvgIpc) is 3.14. The van der Waals surface area contributed by atoms with Crippen molar-refractivity contribution in [3.8, 4) is 0 Å². The molecule has 1 saturated heterocycles. The quantitative estimate of drug-likeness (QED) is 0.439. The van der Waals surface area contributed by atoms with E-state index in [1.807, 2.05) is 27.7 Å². The maximum absolute atomic E-state index is 8.71. The Labute approximate surface area is 158 Å². The summed E-state index contributed by atoms with van der Waals surface area (Å²) in [5.41, 5.74) is 0. The van der Waals surface area contributed by atoms with Gasteiger partial charge < -0.3 is 33.5 Å². The SMILES string of the molecule is CC(COCC1CCCO1)OCC(C)OCC(C)OCC(C)OCCO. The van der Waals surface area contributed by atoms with Crippen LogP contribution in [-0.4, -0.2) is 88.5 Å². The number of rotatable bonds is 16. The van der Waals surface area contributed by atoms with Crippen LogP contribution in [0.3, 0.4) is 0 Å². The van der Waals surface area contributed by atoms with Crippen LogP contribution < -0.4 is 0 Å². The van der Waals surface area contributed by atoms with E-state index in [0.717, 1.165) is 19.4 Å². The zero-order chi connectivity index (χ0) is 19.2. The first-order valence-electron chi connectivity index (χ1n) is 9.77. The maximum Gasteiger partial charge on any atom is 0.0809 e. The van der Waals surface area contributed by atoms with Gasteiger partial charge in [-0.3, -0.25) is 0 Å². The van der Waals surface area contributed by atoms with Gasteiger partial charge in [0.15, 0.2) is 0 Å². The van der Waals surface area contributed by atoms with Crippen LogP contribution >= 0.6 is 0 Å². The van der Waals surface area contributed by atoms with E-state index in [0.29, 0.717) is 39.6 Å². The number of ether oxygens (including phenoxy) is 6. The molecule has 156 valence electrons. The molecule has 1 aliphatic heterocycles. The summed E-state index contributed by atoms with van der Waals surface area (Å²) in [4.78, 5) is 0. The highest BCUT2D eigenvalue weighted by molar-refractivity contribution is 4.64. The van der Waals surface area contributed by atoms with Crippen molar-refractivity contribution in [3.63, 3.8) is 0 Å².